The molecular formula is C42H50F2N10O7S. The van der Waals surface area contributed by atoms with Crippen molar-refractivity contribution < 1.29 is 36.6 Å². The van der Waals surface area contributed by atoms with Crippen molar-refractivity contribution in [1.29, 1.82) is 5.26 Å². The highest BCUT2D eigenvalue weighted by atomic mass is 32.2. The molecule has 2 atom stereocenters. The molecule has 3 aliphatic rings. The Morgan fingerprint density at radius 1 is 0.984 bits per heavy atom. The number of hydrogen-bond donors (Lipinski definition) is 4. The summed E-state index contributed by atoms with van der Waals surface area (Å²) < 4.78 is 66.0. The summed E-state index contributed by atoms with van der Waals surface area (Å²) in [5.41, 5.74) is 0.622. The third-order valence-electron chi connectivity index (χ3n) is 11.8. The van der Waals surface area contributed by atoms with Gasteiger partial charge in [0, 0.05) is 58.5 Å². The zero-order chi connectivity index (χ0) is 44.1. The summed E-state index contributed by atoms with van der Waals surface area (Å²) in [6, 6.07) is 12.8. The molecule has 3 saturated heterocycles. The minimum Gasteiger partial charge on any atom is -0.453 e. The van der Waals surface area contributed by atoms with Crippen molar-refractivity contribution in [3.63, 3.8) is 0 Å². The molecule has 4 N–H and O–H groups in total. The van der Waals surface area contributed by atoms with E-state index in [4.69, 9.17) is 4.74 Å². The van der Waals surface area contributed by atoms with E-state index >= 15 is 8.78 Å². The van der Waals surface area contributed by atoms with Crippen LogP contribution in [0.5, 0.6) is 11.5 Å². The van der Waals surface area contributed by atoms with Crippen LogP contribution in [0.4, 0.5) is 20.2 Å². The fourth-order valence-corrected chi connectivity index (χ4v) is 8.91. The minimum absolute atomic E-state index is 0.0170. The van der Waals surface area contributed by atoms with Crippen LogP contribution in [-0.2, 0) is 26.3 Å². The number of piperazine rings is 1. The van der Waals surface area contributed by atoms with E-state index in [0.29, 0.717) is 94.8 Å². The second-order valence-electron chi connectivity index (χ2n) is 15.8. The number of aliphatic hydroxyl groups excluding tert-OH is 1. The van der Waals surface area contributed by atoms with Gasteiger partial charge in [0.05, 0.1) is 29.5 Å². The molecular weight excluding hydrogens is 827 g/mol. The number of carbonyl (C=O) groups excluding carboxylic acids is 2. The van der Waals surface area contributed by atoms with Crippen molar-refractivity contribution in [1.82, 2.24) is 33.9 Å². The molecule has 4 heterocycles. The quantitative estimate of drug-likeness (QED) is 0.144. The zero-order valence-corrected chi connectivity index (χ0v) is 35.3. The lowest BCUT2D eigenvalue weighted by molar-refractivity contribution is -0.134. The highest BCUT2D eigenvalue weighted by molar-refractivity contribution is 7.90. The molecule has 0 saturated carbocycles. The van der Waals surface area contributed by atoms with Crippen LogP contribution in [0.1, 0.15) is 49.7 Å². The molecule has 0 aliphatic carbocycles. The number of aliphatic hydroxyl groups is 1. The van der Waals surface area contributed by atoms with Crippen molar-refractivity contribution in [3.05, 3.63) is 88.0 Å². The smallest absolute Gasteiger partial charge is 0.301 e. The number of aromatic nitrogens is 2. The van der Waals surface area contributed by atoms with E-state index in [0.717, 1.165) is 16.4 Å². The summed E-state index contributed by atoms with van der Waals surface area (Å²) in [6.45, 7) is 6.56. The molecule has 3 aromatic carbocycles. The number of halogens is 2. The summed E-state index contributed by atoms with van der Waals surface area (Å²) in [5.74, 6) is -1.95. The molecule has 7 rings (SSSR count). The molecule has 20 heteroatoms. The van der Waals surface area contributed by atoms with Gasteiger partial charge < -0.3 is 25.4 Å². The van der Waals surface area contributed by atoms with Gasteiger partial charge in [0.2, 0.25) is 11.8 Å². The van der Waals surface area contributed by atoms with Crippen molar-refractivity contribution in [2.45, 2.75) is 57.3 Å². The second kappa shape index (κ2) is 19.1. The fraction of sp³-hybridized carbons (Fsp3) is 0.452. The molecule has 0 radical (unpaired) electrons. The number of anilines is 2. The summed E-state index contributed by atoms with van der Waals surface area (Å²) in [5, 5.41) is 25.2. The van der Waals surface area contributed by atoms with Gasteiger partial charge in [0.1, 0.15) is 35.5 Å². The molecule has 2 amide bonds. The molecule has 17 nitrogen and oxygen atoms in total. The van der Waals surface area contributed by atoms with E-state index in [1.807, 2.05) is 11.0 Å². The Kier molecular flexibility index (Phi) is 13.7. The van der Waals surface area contributed by atoms with E-state index in [-0.39, 0.29) is 64.6 Å². The largest absolute Gasteiger partial charge is 0.453 e. The number of nitrogens with zero attached hydrogens (tertiary/aromatic N) is 7. The summed E-state index contributed by atoms with van der Waals surface area (Å²) in [6.07, 6.45) is 2.89. The van der Waals surface area contributed by atoms with Crippen LogP contribution in [-0.4, -0.2) is 132 Å². The number of ether oxygens (including phenoxy) is 1. The van der Waals surface area contributed by atoms with E-state index in [9.17, 15) is 33.2 Å². The van der Waals surface area contributed by atoms with Gasteiger partial charge in [-0.05, 0) is 92.7 Å². The maximum Gasteiger partial charge on any atom is 0.301 e. The maximum atomic E-state index is 15.2. The third-order valence-corrected chi connectivity index (χ3v) is 13.4. The monoisotopic (exact) mass is 876 g/mol. The summed E-state index contributed by atoms with van der Waals surface area (Å²) in [4.78, 5) is 49.6. The number of nitrogens with one attached hydrogen (secondary N) is 3. The summed E-state index contributed by atoms with van der Waals surface area (Å²) >= 11 is 0. The number of nitriles is 1. The first-order valence-electron chi connectivity index (χ1n) is 20.6. The first-order valence-corrected chi connectivity index (χ1v) is 22.1. The number of piperidine rings is 2. The molecule has 4 aromatic rings. The standard InChI is InChI=1S/C42H50F2N10O7S/c1-3-50(2)62(59,60)49-36-9-7-33(43)40(32(36)24-45)61-29-5-8-35-31(23-29)42(58)54(26-46-35)21-18-51-16-19-53(20-17-51)39(56)25-52-14-12-27(13-15-52)30-6-4-28(22-34(30)44)47-37-10-11-38(55)48-41(37)57/h4-9,22-23,26-27,37-38,47,49,55H,3,10-21,25H2,1-2H3,(H,48,57). The topological polar surface area (TPSA) is 205 Å². The predicted molar refractivity (Wildman–Crippen MR) is 227 cm³/mol. The lowest BCUT2D eigenvalue weighted by Gasteiger charge is -2.37. The van der Waals surface area contributed by atoms with Crippen LogP contribution in [0.2, 0.25) is 0 Å². The zero-order valence-electron chi connectivity index (χ0n) is 34.5. The van der Waals surface area contributed by atoms with Gasteiger partial charge in [-0.1, -0.05) is 13.0 Å². The number of fused-ring (bicyclic) bond motifs is 1. The Labute approximate surface area is 358 Å². The molecule has 2 unspecified atom stereocenters. The SMILES string of the molecule is CCN(C)S(=O)(=O)Nc1ccc(F)c(Oc2ccc3ncn(CCN4CCN(C(=O)CN5CCC(c6ccc(NC7CCC(O)NC7=O)cc6F)CC5)CC4)c(=O)c3c2)c1C#N. The number of carbonyl (C=O) groups is 2. The highest BCUT2D eigenvalue weighted by Gasteiger charge is 2.30. The molecule has 0 spiro atoms. The van der Waals surface area contributed by atoms with Gasteiger partial charge in [-0.15, -0.1) is 0 Å². The molecule has 330 valence electrons. The molecule has 0 bridgehead atoms. The number of likely N-dealkylation sites (tertiary alicyclic amines) is 1. The maximum absolute atomic E-state index is 15.2. The van der Waals surface area contributed by atoms with Gasteiger partial charge in [-0.2, -0.15) is 18.0 Å². The third kappa shape index (κ3) is 10.1. The van der Waals surface area contributed by atoms with Crippen LogP contribution in [0.3, 0.4) is 0 Å². The second-order valence-corrected chi connectivity index (χ2v) is 17.5. The van der Waals surface area contributed by atoms with Gasteiger partial charge in [-0.3, -0.25) is 33.5 Å². The number of amides is 2. The van der Waals surface area contributed by atoms with Gasteiger partial charge in [-0.25, -0.2) is 13.8 Å². The van der Waals surface area contributed by atoms with Crippen molar-refractivity contribution in [2.75, 3.05) is 76.0 Å². The lowest BCUT2D eigenvalue weighted by Crippen LogP contribution is -2.52. The van der Waals surface area contributed by atoms with Gasteiger partial charge in [0.15, 0.2) is 11.6 Å². The molecule has 3 aliphatic heterocycles. The normalized spacial score (nSPS) is 19.3. The van der Waals surface area contributed by atoms with E-state index in [1.165, 1.54) is 42.2 Å². The van der Waals surface area contributed by atoms with Crippen LogP contribution < -0.4 is 25.7 Å². The van der Waals surface area contributed by atoms with Crippen LogP contribution in [0.15, 0.2) is 59.7 Å². The number of rotatable bonds is 14. The number of benzene rings is 3. The molecule has 1 aromatic heterocycles. The first kappa shape index (κ1) is 44.3. The van der Waals surface area contributed by atoms with Crippen molar-refractivity contribution in [2.24, 2.45) is 0 Å². The minimum atomic E-state index is -4.02. The molecule has 3 fully saturated rings. The average molecular weight is 877 g/mol. The Balaban J connectivity index is 0.885. The Hall–Kier alpha value is -5.72. The van der Waals surface area contributed by atoms with Crippen LogP contribution >= 0.6 is 0 Å². The lowest BCUT2D eigenvalue weighted by atomic mass is 9.89. The fourth-order valence-electron chi connectivity index (χ4n) is 7.96. The van der Waals surface area contributed by atoms with Crippen molar-refractivity contribution >= 4 is 44.3 Å². The Morgan fingerprint density at radius 3 is 2.44 bits per heavy atom. The van der Waals surface area contributed by atoms with E-state index in [1.54, 1.807) is 19.1 Å². The van der Waals surface area contributed by atoms with E-state index in [2.05, 4.69) is 30.1 Å². The highest BCUT2D eigenvalue weighted by Crippen LogP contribution is 2.35. The van der Waals surface area contributed by atoms with Crippen molar-refractivity contribution in [3.8, 4) is 17.6 Å². The molecule has 62 heavy (non-hydrogen) atoms. The Bertz CT molecular complexity index is 2520. The first-order chi connectivity index (χ1) is 29.7. The average Bonchev–Trinajstić information content (AvgIpc) is 3.26. The van der Waals surface area contributed by atoms with E-state index < -0.39 is 34.0 Å². The van der Waals surface area contributed by atoms with Gasteiger partial charge in [0.25, 0.3) is 5.56 Å². The number of hydrogen-bond acceptors (Lipinski definition) is 12. The van der Waals surface area contributed by atoms with Crippen LogP contribution in [0.25, 0.3) is 10.9 Å². The van der Waals surface area contributed by atoms with Gasteiger partial charge >= 0.3 is 10.2 Å². The predicted octanol–water partition coefficient (Wildman–Crippen LogP) is 2.98. The Morgan fingerprint density at radius 2 is 1.74 bits per heavy atom. The summed E-state index contributed by atoms with van der Waals surface area (Å²) in [7, 11) is -2.67. The van der Waals surface area contributed by atoms with Crippen LogP contribution in [0, 0.1) is 23.0 Å².